The topological polar surface area (TPSA) is 37.8 Å². The number of nitrogens with one attached hydrogen (secondary N) is 1. The van der Waals surface area contributed by atoms with E-state index in [4.69, 9.17) is 11.6 Å². The molecule has 0 amide bonds. The van der Waals surface area contributed by atoms with E-state index in [1.165, 1.54) is 12.8 Å². The summed E-state index contributed by atoms with van der Waals surface area (Å²) in [6, 6.07) is 0. The van der Waals surface area contributed by atoms with Crippen LogP contribution in [0.25, 0.3) is 0 Å². The summed E-state index contributed by atoms with van der Waals surface area (Å²) in [7, 11) is 0. The van der Waals surface area contributed by atoms with Gasteiger partial charge in [-0.25, -0.2) is 9.97 Å². The van der Waals surface area contributed by atoms with E-state index in [-0.39, 0.29) is 0 Å². The maximum absolute atomic E-state index is 6.01. The molecule has 0 saturated carbocycles. The normalized spacial score (nSPS) is 10.8. The quantitative estimate of drug-likeness (QED) is 0.615. The van der Waals surface area contributed by atoms with Gasteiger partial charge in [0.15, 0.2) is 0 Å². The van der Waals surface area contributed by atoms with Gasteiger partial charge in [-0.2, -0.15) is 0 Å². The second kappa shape index (κ2) is 6.81. The molecular weight excluding hydrogens is 222 g/mol. The molecule has 16 heavy (non-hydrogen) atoms. The summed E-state index contributed by atoms with van der Waals surface area (Å²) in [4.78, 5) is 8.54. The second-order valence-electron chi connectivity index (χ2n) is 3.99. The molecule has 0 aliphatic rings. The first-order valence-corrected chi connectivity index (χ1v) is 6.23. The third-order valence-corrected chi connectivity index (χ3v) is 2.91. The van der Waals surface area contributed by atoms with Crippen LogP contribution in [-0.2, 0) is 6.42 Å². The van der Waals surface area contributed by atoms with Crippen molar-refractivity contribution in [1.82, 2.24) is 15.3 Å². The molecule has 1 aromatic rings. The molecule has 0 spiro atoms. The Hall–Kier alpha value is -0.670. The minimum atomic E-state index is 0.580. The Morgan fingerprint density at radius 1 is 1.19 bits per heavy atom. The van der Waals surface area contributed by atoms with Crippen LogP contribution < -0.4 is 5.32 Å². The van der Waals surface area contributed by atoms with Gasteiger partial charge in [0, 0.05) is 24.2 Å². The highest BCUT2D eigenvalue weighted by Gasteiger charge is 2.06. The van der Waals surface area contributed by atoms with Crippen molar-refractivity contribution in [2.24, 2.45) is 0 Å². The molecule has 0 unspecified atom stereocenters. The summed E-state index contributed by atoms with van der Waals surface area (Å²) in [5, 5.41) is 3.98. The molecule has 1 heterocycles. The number of hydrogen-bond acceptors (Lipinski definition) is 3. The molecule has 0 bridgehead atoms. The van der Waals surface area contributed by atoms with E-state index >= 15 is 0 Å². The molecular formula is C12H20ClN3. The van der Waals surface area contributed by atoms with Gasteiger partial charge >= 0.3 is 0 Å². The van der Waals surface area contributed by atoms with Gasteiger partial charge in [0.25, 0.3) is 0 Å². The summed E-state index contributed by atoms with van der Waals surface area (Å²) in [6.07, 6.45) is 3.37. The van der Waals surface area contributed by atoms with Gasteiger partial charge in [0.2, 0.25) is 0 Å². The van der Waals surface area contributed by atoms with Crippen LogP contribution in [0.2, 0.25) is 5.15 Å². The predicted molar refractivity (Wildman–Crippen MR) is 68.0 cm³/mol. The van der Waals surface area contributed by atoms with Crippen molar-refractivity contribution >= 4 is 11.6 Å². The Balaban J connectivity index is 2.47. The number of hydrogen-bond donors (Lipinski definition) is 1. The lowest BCUT2D eigenvalue weighted by atomic mass is 10.2. The highest BCUT2D eigenvalue weighted by atomic mass is 35.5. The Morgan fingerprint density at radius 3 is 2.62 bits per heavy atom. The zero-order valence-corrected chi connectivity index (χ0v) is 11.1. The SMILES string of the molecule is CCCCNCCc1nc(C)nc(Cl)c1C. The lowest BCUT2D eigenvalue weighted by Gasteiger charge is -2.08. The number of aryl methyl sites for hydroxylation is 1. The molecule has 3 nitrogen and oxygen atoms in total. The summed E-state index contributed by atoms with van der Waals surface area (Å²) in [5.41, 5.74) is 2.06. The molecule has 0 radical (unpaired) electrons. The van der Waals surface area contributed by atoms with Crippen molar-refractivity contribution in [3.05, 3.63) is 22.2 Å². The van der Waals surface area contributed by atoms with Gasteiger partial charge in [0.05, 0.1) is 0 Å². The van der Waals surface area contributed by atoms with Crippen LogP contribution in [-0.4, -0.2) is 23.1 Å². The van der Waals surface area contributed by atoms with Gasteiger partial charge < -0.3 is 5.32 Å². The monoisotopic (exact) mass is 241 g/mol. The first-order chi connectivity index (χ1) is 7.65. The number of rotatable bonds is 6. The molecule has 1 aromatic heterocycles. The highest BCUT2D eigenvalue weighted by molar-refractivity contribution is 6.30. The van der Waals surface area contributed by atoms with Crippen molar-refractivity contribution in [2.45, 2.75) is 40.0 Å². The van der Waals surface area contributed by atoms with E-state index in [1.54, 1.807) is 0 Å². The zero-order valence-electron chi connectivity index (χ0n) is 10.3. The standard InChI is InChI=1S/C12H20ClN3/c1-4-5-7-14-8-6-11-9(2)12(13)16-10(3)15-11/h14H,4-8H2,1-3H3. The summed E-state index contributed by atoms with van der Waals surface area (Å²) < 4.78 is 0. The Kier molecular flexibility index (Phi) is 5.71. The molecule has 4 heteroatoms. The fourth-order valence-corrected chi connectivity index (χ4v) is 1.76. The van der Waals surface area contributed by atoms with Crippen molar-refractivity contribution < 1.29 is 0 Å². The van der Waals surface area contributed by atoms with Gasteiger partial charge in [-0.15, -0.1) is 0 Å². The van der Waals surface area contributed by atoms with Crippen LogP contribution in [0.1, 0.15) is 36.8 Å². The summed E-state index contributed by atoms with van der Waals surface area (Å²) in [6.45, 7) is 8.07. The second-order valence-corrected chi connectivity index (χ2v) is 4.34. The lowest BCUT2D eigenvalue weighted by Crippen LogP contribution is -2.19. The molecule has 90 valence electrons. The number of nitrogens with zero attached hydrogens (tertiary/aromatic N) is 2. The molecule has 0 saturated heterocycles. The fraction of sp³-hybridized carbons (Fsp3) is 0.667. The maximum Gasteiger partial charge on any atom is 0.135 e. The van der Waals surface area contributed by atoms with Gasteiger partial charge in [0.1, 0.15) is 11.0 Å². The highest BCUT2D eigenvalue weighted by Crippen LogP contribution is 2.15. The van der Waals surface area contributed by atoms with E-state index in [2.05, 4.69) is 22.2 Å². The lowest BCUT2D eigenvalue weighted by molar-refractivity contribution is 0.634. The van der Waals surface area contributed by atoms with Crippen LogP contribution in [0.4, 0.5) is 0 Å². The first-order valence-electron chi connectivity index (χ1n) is 5.85. The van der Waals surface area contributed by atoms with Crippen LogP contribution >= 0.6 is 11.6 Å². The van der Waals surface area contributed by atoms with E-state index in [1.807, 2.05) is 13.8 Å². The van der Waals surface area contributed by atoms with Crippen molar-refractivity contribution in [3.8, 4) is 0 Å². The maximum atomic E-state index is 6.01. The average Bonchev–Trinajstić information content (AvgIpc) is 2.24. The molecule has 1 rings (SSSR count). The van der Waals surface area contributed by atoms with E-state index in [0.717, 1.165) is 36.6 Å². The summed E-state index contributed by atoms with van der Waals surface area (Å²) >= 11 is 6.01. The third kappa shape index (κ3) is 4.06. The largest absolute Gasteiger partial charge is 0.316 e. The Labute approximate surface area is 103 Å². The zero-order chi connectivity index (χ0) is 12.0. The number of halogens is 1. The third-order valence-electron chi connectivity index (χ3n) is 2.54. The minimum absolute atomic E-state index is 0.580. The molecule has 0 aromatic carbocycles. The first kappa shape index (κ1) is 13.4. The molecule has 0 fully saturated rings. The Bertz CT molecular complexity index is 339. The fourth-order valence-electron chi connectivity index (χ4n) is 1.53. The predicted octanol–water partition coefficient (Wildman–Crippen LogP) is 2.68. The van der Waals surface area contributed by atoms with Crippen LogP contribution in [0.15, 0.2) is 0 Å². The van der Waals surface area contributed by atoms with Gasteiger partial charge in [-0.1, -0.05) is 24.9 Å². The minimum Gasteiger partial charge on any atom is -0.316 e. The smallest absolute Gasteiger partial charge is 0.135 e. The van der Waals surface area contributed by atoms with Gasteiger partial charge in [-0.3, -0.25) is 0 Å². The summed E-state index contributed by atoms with van der Waals surface area (Å²) in [5.74, 6) is 0.749. The number of aromatic nitrogens is 2. The van der Waals surface area contributed by atoms with E-state index in [9.17, 15) is 0 Å². The molecule has 0 aliphatic carbocycles. The number of unbranched alkanes of at least 4 members (excludes halogenated alkanes) is 1. The Morgan fingerprint density at radius 2 is 1.94 bits per heavy atom. The van der Waals surface area contributed by atoms with Crippen molar-refractivity contribution in [1.29, 1.82) is 0 Å². The molecule has 1 N–H and O–H groups in total. The van der Waals surface area contributed by atoms with Gasteiger partial charge in [-0.05, 0) is 26.8 Å². The van der Waals surface area contributed by atoms with E-state index in [0.29, 0.717) is 5.15 Å². The van der Waals surface area contributed by atoms with Crippen molar-refractivity contribution in [3.63, 3.8) is 0 Å². The van der Waals surface area contributed by atoms with Crippen LogP contribution in [0.5, 0.6) is 0 Å². The molecule has 0 aliphatic heterocycles. The van der Waals surface area contributed by atoms with E-state index < -0.39 is 0 Å². The van der Waals surface area contributed by atoms with Crippen molar-refractivity contribution in [2.75, 3.05) is 13.1 Å². The molecule has 0 atom stereocenters. The van der Waals surface area contributed by atoms with Crippen LogP contribution in [0.3, 0.4) is 0 Å². The average molecular weight is 242 g/mol. The van der Waals surface area contributed by atoms with Crippen LogP contribution in [0, 0.1) is 13.8 Å².